The van der Waals surface area contributed by atoms with E-state index in [1.165, 1.54) is 21.2 Å². The zero-order valence-corrected chi connectivity index (χ0v) is 19.4. The number of likely N-dealkylation sites (N-methyl/N-ethyl adjacent to an activating group) is 1. The van der Waals surface area contributed by atoms with Crippen LogP contribution in [-0.4, -0.2) is 36.1 Å². The SMILES string of the molecule is CC(CN1c2ccccc2Sc2ccccc21)[N+](C)(C)Cc1ccc([N+](=O)[O-])cc1.[Cl-]. The molecule has 1 atom stereocenters. The average molecular weight is 456 g/mol. The molecule has 0 spiro atoms. The third-order valence-corrected chi connectivity index (χ3v) is 7.04. The summed E-state index contributed by atoms with van der Waals surface area (Å²) < 4.78 is 0.784. The molecule has 0 radical (unpaired) electrons. The van der Waals surface area contributed by atoms with Crippen LogP contribution in [0.25, 0.3) is 0 Å². The summed E-state index contributed by atoms with van der Waals surface area (Å²) >= 11 is 1.83. The topological polar surface area (TPSA) is 46.4 Å². The van der Waals surface area contributed by atoms with Gasteiger partial charge in [0.05, 0.1) is 36.9 Å². The van der Waals surface area contributed by atoms with Crippen LogP contribution in [0.3, 0.4) is 0 Å². The first-order valence-corrected chi connectivity index (χ1v) is 10.9. The molecule has 0 aromatic heterocycles. The number of nitro benzene ring substituents is 1. The van der Waals surface area contributed by atoms with Crippen molar-refractivity contribution < 1.29 is 21.8 Å². The van der Waals surface area contributed by atoms with Crippen LogP contribution in [0, 0.1) is 10.1 Å². The van der Waals surface area contributed by atoms with Crippen molar-refractivity contribution in [1.29, 1.82) is 0 Å². The predicted molar refractivity (Wildman–Crippen MR) is 122 cm³/mol. The fraction of sp³-hybridized carbons (Fsp3) is 0.250. The zero-order valence-electron chi connectivity index (χ0n) is 17.9. The number of anilines is 2. The van der Waals surface area contributed by atoms with Crippen LogP contribution in [0.4, 0.5) is 17.1 Å². The number of non-ortho nitro benzene ring substituents is 1. The lowest BCUT2D eigenvalue weighted by atomic mass is 10.1. The van der Waals surface area contributed by atoms with Crippen molar-refractivity contribution in [2.24, 2.45) is 0 Å². The van der Waals surface area contributed by atoms with Gasteiger partial charge in [-0.3, -0.25) is 10.1 Å². The highest BCUT2D eigenvalue weighted by Gasteiger charge is 2.30. The van der Waals surface area contributed by atoms with E-state index in [4.69, 9.17) is 0 Å². The van der Waals surface area contributed by atoms with E-state index in [0.717, 1.165) is 23.1 Å². The van der Waals surface area contributed by atoms with E-state index in [9.17, 15) is 10.1 Å². The van der Waals surface area contributed by atoms with Gasteiger partial charge in [-0.1, -0.05) is 36.0 Å². The highest BCUT2D eigenvalue weighted by molar-refractivity contribution is 7.99. The van der Waals surface area contributed by atoms with E-state index in [1.807, 2.05) is 23.9 Å². The van der Waals surface area contributed by atoms with Crippen molar-refractivity contribution in [3.8, 4) is 0 Å². The van der Waals surface area contributed by atoms with Crippen LogP contribution >= 0.6 is 11.8 Å². The molecule has 162 valence electrons. The van der Waals surface area contributed by atoms with Gasteiger partial charge in [0.2, 0.25) is 0 Å². The first-order valence-electron chi connectivity index (χ1n) is 10.0. The second kappa shape index (κ2) is 9.30. The molecule has 3 aromatic rings. The Bertz CT molecular complexity index is 1030. The van der Waals surface area contributed by atoms with Crippen LogP contribution in [0.5, 0.6) is 0 Å². The molecule has 4 rings (SSSR count). The summed E-state index contributed by atoms with van der Waals surface area (Å²) in [5.41, 5.74) is 3.75. The Labute approximate surface area is 193 Å². The molecule has 1 aliphatic rings. The van der Waals surface area contributed by atoms with Crippen molar-refractivity contribution in [1.82, 2.24) is 0 Å². The minimum atomic E-state index is -0.352. The van der Waals surface area contributed by atoms with Crippen molar-refractivity contribution in [3.05, 3.63) is 88.5 Å². The zero-order chi connectivity index (χ0) is 21.3. The van der Waals surface area contributed by atoms with Gasteiger partial charge in [0.15, 0.2) is 0 Å². The number of para-hydroxylation sites is 2. The van der Waals surface area contributed by atoms with E-state index in [-0.39, 0.29) is 23.0 Å². The van der Waals surface area contributed by atoms with Crippen LogP contribution in [0.2, 0.25) is 0 Å². The standard InChI is InChI=1S/C24H26N3O2S.ClH/c1-18(27(2,3)17-19-12-14-20(15-13-19)26(28)29)16-25-21-8-4-6-10-23(21)30-24-11-7-5-9-22(24)25;/h4-15,18H,16-17H2,1-3H3;1H/q+1;/p-1. The monoisotopic (exact) mass is 455 g/mol. The Balaban J connectivity index is 0.00000272. The van der Waals surface area contributed by atoms with E-state index in [1.54, 1.807) is 12.1 Å². The number of halogens is 1. The van der Waals surface area contributed by atoms with Gasteiger partial charge in [-0.15, -0.1) is 0 Å². The Morgan fingerprint density at radius 3 is 1.97 bits per heavy atom. The van der Waals surface area contributed by atoms with Crippen LogP contribution < -0.4 is 17.3 Å². The van der Waals surface area contributed by atoms with Gasteiger partial charge in [-0.25, -0.2) is 0 Å². The normalized spacial score (nSPS) is 13.6. The summed E-state index contributed by atoms with van der Waals surface area (Å²) in [5.74, 6) is 0. The smallest absolute Gasteiger partial charge is 0.269 e. The Hall–Kier alpha value is -2.54. The van der Waals surface area contributed by atoms with Gasteiger partial charge >= 0.3 is 0 Å². The lowest BCUT2D eigenvalue weighted by molar-refractivity contribution is -0.924. The minimum Gasteiger partial charge on any atom is -1.00 e. The van der Waals surface area contributed by atoms with Crippen molar-refractivity contribution in [2.45, 2.75) is 29.3 Å². The minimum absolute atomic E-state index is 0. The molecule has 0 saturated heterocycles. The molecule has 0 fully saturated rings. The molecule has 5 nitrogen and oxygen atoms in total. The van der Waals surface area contributed by atoms with Crippen LogP contribution in [0.15, 0.2) is 82.6 Å². The number of quaternary nitrogens is 1. The molecular formula is C24H26ClN3O2S. The summed E-state index contributed by atoms with van der Waals surface area (Å²) in [6, 6.07) is 24.4. The van der Waals surface area contributed by atoms with Crippen LogP contribution in [0.1, 0.15) is 12.5 Å². The predicted octanol–water partition coefficient (Wildman–Crippen LogP) is 2.87. The van der Waals surface area contributed by atoms with Crippen LogP contribution in [-0.2, 0) is 6.54 Å². The number of nitro groups is 1. The van der Waals surface area contributed by atoms with Gasteiger partial charge in [0.25, 0.3) is 5.69 Å². The molecule has 1 aliphatic heterocycles. The molecule has 0 aliphatic carbocycles. The van der Waals surface area contributed by atoms with Crippen molar-refractivity contribution in [3.63, 3.8) is 0 Å². The molecule has 1 heterocycles. The number of nitrogens with zero attached hydrogens (tertiary/aromatic N) is 3. The summed E-state index contributed by atoms with van der Waals surface area (Å²) in [6.45, 7) is 3.97. The molecule has 7 heteroatoms. The largest absolute Gasteiger partial charge is 1.00 e. The van der Waals surface area contributed by atoms with E-state index in [0.29, 0.717) is 6.04 Å². The second-order valence-electron chi connectivity index (χ2n) is 8.36. The number of rotatable bonds is 6. The first kappa shape index (κ1) is 23.1. The van der Waals surface area contributed by atoms with Crippen molar-refractivity contribution >= 4 is 28.8 Å². The Morgan fingerprint density at radius 1 is 0.935 bits per heavy atom. The van der Waals surface area contributed by atoms with Gasteiger partial charge in [-0.2, -0.15) is 0 Å². The highest BCUT2D eigenvalue weighted by Crippen LogP contribution is 2.48. The lowest BCUT2D eigenvalue weighted by Gasteiger charge is -2.41. The molecular weight excluding hydrogens is 430 g/mol. The first-order chi connectivity index (χ1) is 14.3. The van der Waals surface area contributed by atoms with E-state index >= 15 is 0 Å². The molecule has 0 N–H and O–H groups in total. The molecule has 0 amide bonds. The van der Waals surface area contributed by atoms with Gasteiger partial charge in [-0.05, 0) is 43.3 Å². The number of hydrogen-bond donors (Lipinski definition) is 0. The fourth-order valence-electron chi connectivity index (χ4n) is 3.81. The lowest BCUT2D eigenvalue weighted by Crippen LogP contribution is -3.00. The maximum absolute atomic E-state index is 10.9. The summed E-state index contributed by atoms with van der Waals surface area (Å²) in [5, 5.41) is 10.9. The summed E-state index contributed by atoms with van der Waals surface area (Å²) in [4.78, 5) is 15.6. The van der Waals surface area contributed by atoms with Gasteiger partial charge < -0.3 is 21.8 Å². The number of fused-ring (bicyclic) bond motifs is 2. The fourth-order valence-corrected chi connectivity index (χ4v) is 4.91. The second-order valence-corrected chi connectivity index (χ2v) is 9.44. The van der Waals surface area contributed by atoms with E-state index < -0.39 is 0 Å². The summed E-state index contributed by atoms with van der Waals surface area (Å²) in [7, 11) is 4.45. The summed E-state index contributed by atoms with van der Waals surface area (Å²) in [6.07, 6.45) is 0. The molecule has 3 aromatic carbocycles. The van der Waals surface area contributed by atoms with E-state index in [2.05, 4.69) is 74.4 Å². The molecule has 1 unspecified atom stereocenters. The maximum atomic E-state index is 10.9. The quantitative estimate of drug-likeness (QED) is 0.326. The molecule has 0 saturated carbocycles. The highest BCUT2D eigenvalue weighted by atomic mass is 35.5. The molecule has 31 heavy (non-hydrogen) atoms. The number of benzene rings is 3. The van der Waals surface area contributed by atoms with Crippen molar-refractivity contribution in [2.75, 3.05) is 25.5 Å². The molecule has 0 bridgehead atoms. The maximum Gasteiger partial charge on any atom is 0.269 e. The Kier molecular flexibility index (Phi) is 6.94. The third kappa shape index (κ3) is 4.87. The Morgan fingerprint density at radius 2 is 1.45 bits per heavy atom. The van der Waals surface area contributed by atoms with Gasteiger partial charge in [0.1, 0.15) is 12.6 Å². The third-order valence-electron chi connectivity index (χ3n) is 5.91. The number of hydrogen-bond acceptors (Lipinski definition) is 4. The average Bonchev–Trinajstić information content (AvgIpc) is 2.73. The van der Waals surface area contributed by atoms with Gasteiger partial charge in [0, 0.05) is 27.5 Å².